The highest BCUT2D eigenvalue weighted by atomic mass is 19.4. The SMILES string of the molecule is Cc1nnc(CC(=O)CC2CCC(F)(CCN3CCc4ccc(OCC(F)(F)F)nc4CC3)CC2)o1. The average Bonchev–Trinajstić information content (AvgIpc) is 3.11. The molecule has 2 aliphatic rings. The summed E-state index contributed by atoms with van der Waals surface area (Å²) in [5, 5.41) is 7.59. The van der Waals surface area contributed by atoms with Gasteiger partial charge in [-0.1, -0.05) is 6.07 Å². The number of carbonyl (C=O) groups excluding carboxylic acids is 1. The van der Waals surface area contributed by atoms with Gasteiger partial charge in [0.05, 0.1) is 6.42 Å². The first-order valence-electron chi connectivity index (χ1n) is 12.5. The molecule has 0 radical (unpaired) electrons. The van der Waals surface area contributed by atoms with Crippen LogP contribution in [0.25, 0.3) is 0 Å². The monoisotopic (exact) mass is 512 g/mol. The number of hydrogen-bond donors (Lipinski definition) is 0. The van der Waals surface area contributed by atoms with Gasteiger partial charge in [-0.3, -0.25) is 4.79 Å². The lowest BCUT2D eigenvalue weighted by molar-refractivity contribution is -0.154. The smallest absolute Gasteiger partial charge is 0.422 e. The van der Waals surface area contributed by atoms with Crippen molar-refractivity contribution < 1.29 is 31.5 Å². The summed E-state index contributed by atoms with van der Waals surface area (Å²) in [7, 11) is 0. The number of fused-ring (bicyclic) bond motifs is 1. The van der Waals surface area contributed by atoms with E-state index in [1.807, 2.05) is 0 Å². The third kappa shape index (κ3) is 7.72. The van der Waals surface area contributed by atoms with Gasteiger partial charge in [0.2, 0.25) is 17.7 Å². The number of nitrogens with zero attached hydrogens (tertiary/aromatic N) is 4. The van der Waals surface area contributed by atoms with Crippen molar-refractivity contribution in [3.63, 3.8) is 0 Å². The number of alkyl halides is 4. The Bertz CT molecular complexity index is 1030. The second kappa shape index (κ2) is 11.2. The topological polar surface area (TPSA) is 81.4 Å². The van der Waals surface area contributed by atoms with Crippen LogP contribution in [0.3, 0.4) is 0 Å². The molecular formula is C25H32F4N4O3. The molecule has 0 amide bonds. The van der Waals surface area contributed by atoms with Crippen molar-refractivity contribution in [3.8, 4) is 5.88 Å². The van der Waals surface area contributed by atoms with E-state index in [4.69, 9.17) is 9.15 Å². The van der Waals surface area contributed by atoms with E-state index in [0.29, 0.717) is 76.2 Å². The molecule has 1 fully saturated rings. The van der Waals surface area contributed by atoms with Crippen LogP contribution in [0.2, 0.25) is 0 Å². The van der Waals surface area contributed by atoms with E-state index in [9.17, 15) is 18.0 Å². The van der Waals surface area contributed by atoms with Crippen LogP contribution in [0.1, 0.15) is 61.6 Å². The summed E-state index contributed by atoms with van der Waals surface area (Å²) in [5.74, 6) is 0.956. The molecule has 198 valence electrons. The molecule has 0 atom stereocenters. The molecule has 2 aromatic rings. The van der Waals surface area contributed by atoms with Gasteiger partial charge in [-0.15, -0.1) is 10.2 Å². The molecule has 0 N–H and O–H groups in total. The first kappa shape index (κ1) is 26.5. The molecule has 4 rings (SSSR count). The van der Waals surface area contributed by atoms with Gasteiger partial charge in [0.25, 0.3) is 0 Å². The molecule has 1 aliphatic heterocycles. The molecule has 0 saturated heterocycles. The molecule has 0 spiro atoms. The first-order chi connectivity index (χ1) is 17.1. The lowest BCUT2D eigenvalue weighted by atomic mass is 9.76. The molecule has 0 aromatic carbocycles. The largest absolute Gasteiger partial charge is 0.468 e. The van der Waals surface area contributed by atoms with Crippen LogP contribution in [0, 0.1) is 12.8 Å². The van der Waals surface area contributed by atoms with E-state index in [1.54, 1.807) is 13.0 Å². The minimum Gasteiger partial charge on any atom is -0.468 e. The van der Waals surface area contributed by atoms with Gasteiger partial charge in [-0.2, -0.15) is 13.2 Å². The van der Waals surface area contributed by atoms with Crippen molar-refractivity contribution in [2.75, 3.05) is 26.2 Å². The van der Waals surface area contributed by atoms with Gasteiger partial charge in [-0.25, -0.2) is 9.37 Å². The number of halogens is 4. The summed E-state index contributed by atoms with van der Waals surface area (Å²) in [6, 6.07) is 3.25. The number of aromatic nitrogens is 3. The van der Waals surface area contributed by atoms with Crippen molar-refractivity contribution in [3.05, 3.63) is 35.2 Å². The summed E-state index contributed by atoms with van der Waals surface area (Å²) >= 11 is 0. The van der Waals surface area contributed by atoms with Gasteiger partial charge in [-0.05, 0) is 50.0 Å². The summed E-state index contributed by atoms with van der Waals surface area (Å²) in [5.41, 5.74) is 0.500. The second-order valence-electron chi connectivity index (χ2n) is 9.98. The Balaban J connectivity index is 1.19. The van der Waals surface area contributed by atoms with Gasteiger partial charge >= 0.3 is 6.18 Å². The maximum absolute atomic E-state index is 15.5. The van der Waals surface area contributed by atoms with Crippen molar-refractivity contribution in [1.82, 2.24) is 20.1 Å². The van der Waals surface area contributed by atoms with Crippen molar-refractivity contribution in [2.24, 2.45) is 5.92 Å². The summed E-state index contributed by atoms with van der Waals surface area (Å²) in [6.45, 7) is 2.35. The summed E-state index contributed by atoms with van der Waals surface area (Å²) in [4.78, 5) is 18.8. The highest BCUT2D eigenvalue weighted by Crippen LogP contribution is 2.39. The molecule has 7 nitrogen and oxygen atoms in total. The van der Waals surface area contributed by atoms with Gasteiger partial charge in [0, 0.05) is 51.2 Å². The molecule has 11 heteroatoms. The standard InChI is InChI=1S/C25H32F4N4O3/c1-17-31-32-23(36-17)15-20(34)14-18-4-8-24(26,9-5-18)10-13-33-11-6-19-2-3-22(30-21(19)7-12-33)35-16-25(27,28)29/h2-3,18H,4-16H2,1H3. The fraction of sp³-hybridized carbons (Fsp3) is 0.680. The van der Waals surface area contributed by atoms with E-state index in [0.717, 1.165) is 17.8 Å². The van der Waals surface area contributed by atoms with E-state index in [1.165, 1.54) is 6.07 Å². The number of pyridine rings is 1. The Morgan fingerprint density at radius 1 is 1.19 bits per heavy atom. The predicted molar refractivity (Wildman–Crippen MR) is 122 cm³/mol. The Labute approximate surface area is 207 Å². The Morgan fingerprint density at radius 2 is 1.94 bits per heavy atom. The molecular weight excluding hydrogens is 480 g/mol. The van der Waals surface area contributed by atoms with Gasteiger partial charge in [0.1, 0.15) is 11.5 Å². The minimum absolute atomic E-state index is 0.0234. The number of ether oxygens (including phenoxy) is 1. The van der Waals surface area contributed by atoms with E-state index in [-0.39, 0.29) is 24.0 Å². The van der Waals surface area contributed by atoms with E-state index < -0.39 is 18.5 Å². The third-order valence-electron chi connectivity index (χ3n) is 7.10. The van der Waals surface area contributed by atoms with Crippen molar-refractivity contribution in [2.45, 2.75) is 76.6 Å². The third-order valence-corrected chi connectivity index (χ3v) is 7.10. The zero-order valence-corrected chi connectivity index (χ0v) is 20.4. The Morgan fingerprint density at radius 3 is 2.64 bits per heavy atom. The number of ketones is 1. The average molecular weight is 513 g/mol. The summed E-state index contributed by atoms with van der Waals surface area (Å²) in [6.07, 6.45) is 0.105. The van der Waals surface area contributed by atoms with Gasteiger partial charge in [0.15, 0.2) is 6.61 Å². The van der Waals surface area contributed by atoms with Crippen LogP contribution in [-0.2, 0) is 24.1 Å². The lowest BCUT2D eigenvalue weighted by Crippen LogP contribution is -2.36. The molecule has 0 bridgehead atoms. The van der Waals surface area contributed by atoms with Crippen LogP contribution in [0.4, 0.5) is 17.6 Å². The highest BCUT2D eigenvalue weighted by molar-refractivity contribution is 5.80. The van der Waals surface area contributed by atoms with Crippen LogP contribution in [0.5, 0.6) is 5.88 Å². The van der Waals surface area contributed by atoms with Crippen molar-refractivity contribution in [1.29, 1.82) is 0 Å². The zero-order valence-electron chi connectivity index (χ0n) is 20.4. The zero-order chi connectivity index (χ0) is 25.8. The van der Waals surface area contributed by atoms with Crippen molar-refractivity contribution >= 4 is 5.78 Å². The molecule has 36 heavy (non-hydrogen) atoms. The van der Waals surface area contributed by atoms with E-state index in [2.05, 4.69) is 20.1 Å². The van der Waals surface area contributed by atoms with Crippen LogP contribution in [-0.4, -0.2) is 64.0 Å². The summed E-state index contributed by atoms with van der Waals surface area (Å²) < 4.78 is 62.8. The van der Waals surface area contributed by atoms with Gasteiger partial charge < -0.3 is 14.1 Å². The highest BCUT2D eigenvalue weighted by Gasteiger charge is 2.36. The number of carbonyl (C=O) groups is 1. The Kier molecular flexibility index (Phi) is 8.27. The lowest BCUT2D eigenvalue weighted by Gasteiger charge is -2.35. The van der Waals surface area contributed by atoms with E-state index >= 15 is 4.39 Å². The second-order valence-corrected chi connectivity index (χ2v) is 9.98. The molecule has 0 unspecified atom stereocenters. The molecule has 1 aliphatic carbocycles. The number of aryl methyl sites for hydroxylation is 1. The maximum atomic E-state index is 15.5. The fourth-order valence-electron chi connectivity index (χ4n) is 5.05. The number of rotatable bonds is 9. The normalized spacial score (nSPS) is 23.2. The quantitative estimate of drug-likeness (QED) is 0.454. The number of Topliss-reactive ketones (excluding diaryl/α,β-unsaturated/α-hetero) is 1. The minimum atomic E-state index is -4.41. The Hall–Kier alpha value is -2.56. The maximum Gasteiger partial charge on any atom is 0.422 e. The predicted octanol–water partition coefficient (Wildman–Crippen LogP) is 4.61. The van der Waals surface area contributed by atoms with Crippen LogP contribution < -0.4 is 4.74 Å². The first-order valence-corrected chi connectivity index (χ1v) is 12.5. The number of hydrogen-bond acceptors (Lipinski definition) is 7. The molecule has 2 aromatic heterocycles. The molecule has 3 heterocycles. The van der Waals surface area contributed by atoms with Crippen LogP contribution in [0.15, 0.2) is 16.5 Å². The fourth-order valence-corrected chi connectivity index (χ4v) is 5.05. The van der Waals surface area contributed by atoms with Crippen LogP contribution >= 0.6 is 0 Å². The molecule has 1 saturated carbocycles.